The highest BCUT2D eigenvalue weighted by atomic mass is 79.9. The van der Waals surface area contributed by atoms with E-state index in [1.165, 1.54) is 23.0 Å². The summed E-state index contributed by atoms with van der Waals surface area (Å²) >= 11 is 8.34. The molecule has 6 rings (SSSR count). The Bertz CT molecular complexity index is 1860. The molecule has 1 aromatic heterocycles. The number of ether oxygens (including phenoxy) is 1. The topological polar surface area (TPSA) is 86.7 Å². The maximum atomic E-state index is 14.0. The first-order valence-corrected chi connectivity index (χ1v) is 14.2. The highest BCUT2D eigenvalue weighted by Gasteiger charge is 2.33. The van der Waals surface area contributed by atoms with Gasteiger partial charge in [0, 0.05) is 27.7 Å². The third-order valence-corrected chi connectivity index (χ3v) is 8.83. The van der Waals surface area contributed by atoms with Crippen molar-refractivity contribution in [2.45, 2.75) is 18.9 Å². The van der Waals surface area contributed by atoms with Gasteiger partial charge in [-0.25, -0.2) is 4.99 Å². The number of nitro groups is 1. The highest BCUT2D eigenvalue weighted by Crippen LogP contribution is 2.41. The van der Waals surface area contributed by atoms with E-state index in [9.17, 15) is 14.9 Å². The smallest absolute Gasteiger partial charge is 0.271 e. The van der Waals surface area contributed by atoms with Gasteiger partial charge in [0.2, 0.25) is 0 Å². The standard InChI is InChI=1S/C28H19Br2N3O4S/c1-37-26-17(11-18(29)14-22(26)30)13-23-27(34)32-25(16-6-4-7-19(12-16)33(35)36)21-10-9-15-5-2-3-8-20(15)24(21)31-28(32)38-23/h2-8,11-14,25H,9-10H2,1H3/b23-13-/t25-/m0/s1. The number of methoxy groups -OCH3 is 1. The van der Waals surface area contributed by atoms with E-state index < -0.39 is 11.0 Å². The van der Waals surface area contributed by atoms with Crippen LogP contribution in [0.15, 0.2) is 85.0 Å². The number of halogens is 2. The quantitative estimate of drug-likeness (QED) is 0.207. The van der Waals surface area contributed by atoms with Crippen LogP contribution < -0.4 is 19.6 Å². The lowest BCUT2D eigenvalue weighted by atomic mass is 9.83. The first kappa shape index (κ1) is 25.0. The van der Waals surface area contributed by atoms with Crippen molar-refractivity contribution >= 4 is 60.7 Å². The number of fused-ring (bicyclic) bond motifs is 3. The predicted molar refractivity (Wildman–Crippen MR) is 154 cm³/mol. The van der Waals surface area contributed by atoms with E-state index >= 15 is 0 Å². The van der Waals surface area contributed by atoms with Crippen molar-refractivity contribution < 1.29 is 9.66 Å². The summed E-state index contributed by atoms with van der Waals surface area (Å²) < 4.78 is 9.37. The number of rotatable bonds is 4. The van der Waals surface area contributed by atoms with Gasteiger partial charge in [0.05, 0.1) is 32.8 Å². The van der Waals surface area contributed by atoms with Gasteiger partial charge in [-0.3, -0.25) is 19.5 Å². The number of nitrogens with zero attached hydrogens (tertiary/aromatic N) is 3. The maximum absolute atomic E-state index is 14.0. The Hall–Kier alpha value is -3.34. The normalized spacial score (nSPS) is 16.4. The Labute approximate surface area is 237 Å². The van der Waals surface area contributed by atoms with Gasteiger partial charge >= 0.3 is 0 Å². The van der Waals surface area contributed by atoms with Crippen molar-refractivity contribution in [2.24, 2.45) is 4.99 Å². The van der Waals surface area contributed by atoms with Crippen LogP contribution in [0, 0.1) is 10.1 Å². The van der Waals surface area contributed by atoms with Crippen LogP contribution in [0.5, 0.6) is 5.75 Å². The fourth-order valence-corrected chi connectivity index (χ4v) is 7.59. The third kappa shape index (κ3) is 4.16. The molecule has 10 heteroatoms. The first-order valence-electron chi connectivity index (χ1n) is 11.8. The monoisotopic (exact) mass is 651 g/mol. The van der Waals surface area contributed by atoms with Gasteiger partial charge in [-0.2, -0.15) is 0 Å². The molecule has 3 aromatic carbocycles. The molecular formula is C28H19Br2N3O4S. The van der Waals surface area contributed by atoms with E-state index in [0.29, 0.717) is 27.1 Å². The van der Waals surface area contributed by atoms with Crippen molar-refractivity contribution in [1.82, 2.24) is 4.57 Å². The highest BCUT2D eigenvalue weighted by molar-refractivity contribution is 9.11. The summed E-state index contributed by atoms with van der Waals surface area (Å²) in [7, 11) is 1.58. The molecule has 7 nitrogen and oxygen atoms in total. The molecule has 2 aliphatic rings. The minimum absolute atomic E-state index is 0.0105. The van der Waals surface area contributed by atoms with Crippen LogP contribution in [0.4, 0.5) is 5.69 Å². The molecule has 0 bridgehead atoms. The molecular weight excluding hydrogens is 634 g/mol. The average molecular weight is 653 g/mol. The van der Waals surface area contributed by atoms with E-state index in [-0.39, 0.29) is 11.2 Å². The lowest BCUT2D eigenvalue weighted by molar-refractivity contribution is -0.384. The van der Waals surface area contributed by atoms with E-state index in [0.717, 1.165) is 37.8 Å². The molecule has 4 aromatic rings. The Morgan fingerprint density at radius 1 is 1.13 bits per heavy atom. The summed E-state index contributed by atoms with van der Waals surface area (Å²) in [6.45, 7) is 0. The average Bonchev–Trinajstić information content (AvgIpc) is 3.21. The van der Waals surface area contributed by atoms with Crippen LogP contribution in [-0.2, 0) is 6.42 Å². The van der Waals surface area contributed by atoms with Gasteiger partial charge in [-0.15, -0.1) is 0 Å². The van der Waals surface area contributed by atoms with Crippen LogP contribution in [0.1, 0.15) is 34.7 Å². The lowest BCUT2D eigenvalue weighted by Crippen LogP contribution is -2.38. The number of benzene rings is 3. The molecule has 0 saturated heterocycles. The molecule has 190 valence electrons. The molecule has 1 aliphatic carbocycles. The fraction of sp³-hybridized carbons (Fsp3) is 0.143. The zero-order chi connectivity index (χ0) is 26.6. The zero-order valence-electron chi connectivity index (χ0n) is 20.0. The van der Waals surface area contributed by atoms with Gasteiger partial charge in [0.1, 0.15) is 5.75 Å². The van der Waals surface area contributed by atoms with Gasteiger partial charge in [-0.1, -0.05) is 63.7 Å². The number of hydrogen-bond acceptors (Lipinski definition) is 6. The molecule has 0 amide bonds. The Morgan fingerprint density at radius 3 is 2.74 bits per heavy atom. The number of non-ortho nitro benzene ring substituents is 1. The summed E-state index contributed by atoms with van der Waals surface area (Å²) in [5.74, 6) is 0.613. The molecule has 0 fully saturated rings. The summed E-state index contributed by atoms with van der Waals surface area (Å²) in [5.41, 5.74) is 5.30. The largest absolute Gasteiger partial charge is 0.495 e. The number of allylic oxidation sites excluding steroid dienone is 1. The molecule has 0 N–H and O–H groups in total. The second kappa shape index (κ2) is 9.76. The third-order valence-electron chi connectivity index (χ3n) is 6.80. The summed E-state index contributed by atoms with van der Waals surface area (Å²) in [5, 5.41) is 11.6. The minimum Gasteiger partial charge on any atom is -0.495 e. The Kier molecular flexibility index (Phi) is 6.41. The number of hydrogen-bond donors (Lipinski definition) is 0. The van der Waals surface area contributed by atoms with E-state index in [2.05, 4.69) is 44.0 Å². The first-order chi connectivity index (χ1) is 18.4. The number of nitro benzene ring substituents is 1. The van der Waals surface area contributed by atoms with Crippen LogP contribution in [-0.4, -0.2) is 16.6 Å². The van der Waals surface area contributed by atoms with Crippen LogP contribution in [0.2, 0.25) is 0 Å². The molecule has 0 radical (unpaired) electrons. The second-order valence-corrected chi connectivity index (χ2v) is 11.8. The Balaban J connectivity index is 1.64. The van der Waals surface area contributed by atoms with Crippen molar-refractivity contribution in [3.8, 4) is 5.75 Å². The zero-order valence-corrected chi connectivity index (χ0v) is 24.0. The maximum Gasteiger partial charge on any atom is 0.271 e. The predicted octanol–water partition coefficient (Wildman–Crippen LogP) is 5.76. The number of thiazole rings is 1. The molecule has 0 unspecified atom stereocenters. The lowest BCUT2D eigenvalue weighted by Gasteiger charge is -2.30. The van der Waals surface area contributed by atoms with Crippen molar-refractivity contribution in [1.29, 1.82) is 0 Å². The van der Waals surface area contributed by atoms with E-state index in [1.807, 2.05) is 30.3 Å². The molecule has 38 heavy (non-hydrogen) atoms. The second-order valence-electron chi connectivity index (χ2n) is 8.98. The number of aryl methyl sites for hydroxylation is 1. The molecule has 0 spiro atoms. The van der Waals surface area contributed by atoms with Crippen molar-refractivity contribution in [3.63, 3.8) is 0 Å². The van der Waals surface area contributed by atoms with Gasteiger partial charge in [0.25, 0.3) is 11.2 Å². The van der Waals surface area contributed by atoms with Crippen molar-refractivity contribution in [3.05, 3.63) is 127 Å². The van der Waals surface area contributed by atoms with E-state index in [1.54, 1.807) is 29.9 Å². The molecule has 1 atom stereocenters. The van der Waals surface area contributed by atoms with Crippen LogP contribution in [0.3, 0.4) is 0 Å². The van der Waals surface area contributed by atoms with Crippen LogP contribution >= 0.6 is 43.2 Å². The molecule has 2 heterocycles. The molecule has 1 aliphatic heterocycles. The van der Waals surface area contributed by atoms with E-state index in [4.69, 9.17) is 9.73 Å². The summed E-state index contributed by atoms with van der Waals surface area (Å²) in [6.07, 6.45) is 3.32. The van der Waals surface area contributed by atoms with Gasteiger partial charge < -0.3 is 4.74 Å². The van der Waals surface area contributed by atoms with Gasteiger partial charge in [-0.05, 0) is 63.7 Å². The van der Waals surface area contributed by atoms with Crippen molar-refractivity contribution in [2.75, 3.05) is 7.11 Å². The SMILES string of the molecule is COc1c(Br)cc(Br)cc1/C=c1\sc2n(c1=O)[C@@H](c1cccc([N+](=O)[O-])c1)C1=C(N=2)c2ccccc2CC1. The fourth-order valence-electron chi connectivity index (χ4n) is 5.17. The molecule has 0 saturated carbocycles. The minimum atomic E-state index is -0.493. The summed E-state index contributed by atoms with van der Waals surface area (Å²) in [6, 6.07) is 18.0. The Morgan fingerprint density at radius 2 is 1.95 bits per heavy atom. The number of aromatic nitrogens is 1. The van der Waals surface area contributed by atoms with Crippen LogP contribution in [0.25, 0.3) is 11.8 Å². The summed E-state index contributed by atoms with van der Waals surface area (Å²) in [4.78, 5) is 30.7. The van der Waals surface area contributed by atoms with Gasteiger partial charge in [0.15, 0.2) is 4.80 Å².